The van der Waals surface area contributed by atoms with Crippen LogP contribution >= 0.6 is 11.3 Å². The Bertz CT molecular complexity index is 510. The average molecular weight is 202 g/mol. The van der Waals surface area contributed by atoms with Gasteiger partial charge in [-0.1, -0.05) is 24.3 Å². The predicted molar refractivity (Wildman–Crippen MR) is 60.4 cm³/mol. The van der Waals surface area contributed by atoms with Crippen molar-refractivity contribution in [1.29, 1.82) is 0 Å². The third-order valence-corrected chi connectivity index (χ3v) is 3.64. The lowest BCUT2D eigenvalue weighted by Gasteiger charge is -2.08. The molecule has 0 radical (unpaired) electrons. The summed E-state index contributed by atoms with van der Waals surface area (Å²) in [6.07, 6.45) is 4.54. The van der Waals surface area contributed by atoms with E-state index in [1.807, 2.05) is 18.2 Å². The fourth-order valence-corrected chi connectivity index (χ4v) is 2.95. The predicted octanol–water partition coefficient (Wildman–Crippen LogP) is 3.35. The molecule has 0 amide bonds. The van der Waals surface area contributed by atoms with Crippen LogP contribution in [0.4, 0.5) is 0 Å². The molecule has 1 heterocycles. The van der Waals surface area contributed by atoms with Crippen LogP contribution in [0.5, 0.6) is 0 Å². The van der Waals surface area contributed by atoms with E-state index in [2.05, 4.69) is 17.5 Å². The lowest BCUT2D eigenvalue weighted by molar-refractivity contribution is 0.183. The highest BCUT2D eigenvalue weighted by Crippen LogP contribution is 2.36. The van der Waals surface area contributed by atoms with E-state index in [9.17, 15) is 5.11 Å². The molecule has 1 N–H and O–H groups in total. The first kappa shape index (κ1) is 8.21. The molecule has 1 aromatic heterocycles. The number of benzene rings is 1. The van der Waals surface area contributed by atoms with Crippen LogP contribution in [0.15, 0.2) is 29.7 Å². The molecule has 1 aliphatic carbocycles. The van der Waals surface area contributed by atoms with Gasteiger partial charge in [-0.25, -0.2) is 0 Å². The molecular formula is C12H10OS. The molecule has 1 nitrogen and oxygen atoms in total. The van der Waals surface area contributed by atoms with Crippen molar-refractivity contribution in [1.82, 2.24) is 0 Å². The van der Waals surface area contributed by atoms with Crippen molar-refractivity contribution in [3.05, 3.63) is 40.8 Å². The third kappa shape index (κ3) is 1.04. The van der Waals surface area contributed by atoms with E-state index in [0.717, 1.165) is 12.0 Å². The first-order valence-corrected chi connectivity index (χ1v) is 5.59. The molecule has 14 heavy (non-hydrogen) atoms. The molecule has 0 bridgehead atoms. The van der Waals surface area contributed by atoms with Crippen LogP contribution < -0.4 is 0 Å². The maximum atomic E-state index is 9.92. The summed E-state index contributed by atoms with van der Waals surface area (Å²) in [7, 11) is 0. The number of aliphatic hydroxyl groups excluding tert-OH is 1. The van der Waals surface area contributed by atoms with Crippen LogP contribution in [0.25, 0.3) is 16.2 Å². The summed E-state index contributed by atoms with van der Waals surface area (Å²) in [6, 6.07) is 6.15. The quantitative estimate of drug-likeness (QED) is 0.694. The van der Waals surface area contributed by atoms with Crippen LogP contribution in [0.1, 0.15) is 23.7 Å². The first-order valence-electron chi connectivity index (χ1n) is 4.71. The highest BCUT2D eigenvalue weighted by Gasteiger charge is 2.15. The Balaban J connectivity index is 2.46. The van der Waals surface area contributed by atoms with E-state index >= 15 is 0 Å². The largest absolute Gasteiger partial charge is 0.388 e. The highest BCUT2D eigenvalue weighted by atomic mass is 32.1. The van der Waals surface area contributed by atoms with E-state index in [0.29, 0.717) is 0 Å². The van der Waals surface area contributed by atoms with Gasteiger partial charge in [0.2, 0.25) is 0 Å². The zero-order valence-corrected chi connectivity index (χ0v) is 8.42. The Hall–Kier alpha value is -1.12. The smallest absolute Gasteiger partial charge is 0.0831 e. The van der Waals surface area contributed by atoms with Crippen molar-refractivity contribution in [2.75, 3.05) is 0 Å². The SMILES string of the molecule is OC1CC=Cc2csc3cccc1c23. The summed E-state index contributed by atoms with van der Waals surface area (Å²) >= 11 is 1.74. The van der Waals surface area contributed by atoms with Gasteiger partial charge < -0.3 is 5.11 Å². The van der Waals surface area contributed by atoms with Crippen molar-refractivity contribution < 1.29 is 5.11 Å². The van der Waals surface area contributed by atoms with Crippen molar-refractivity contribution in [3.8, 4) is 0 Å². The van der Waals surface area contributed by atoms with Gasteiger partial charge in [-0.2, -0.15) is 0 Å². The van der Waals surface area contributed by atoms with Gasteiger partial charge in [-0.15, -0.1) is 11.3 Å². The molecule has 1 aromatic carbocycles. The van der Waals surface area contributed by atoms with Crippen molar-refractivity contribution >= 4 is 27.5 Å². The summed E-state index contributed by atoms with van der Waals surface area (Å²) < 4.78 is 1.27. The Labute approximate surface area is 86.3 Å². The Morgan fingerprint density at radius 3 is 3.21 bits per heavy atom. The third-order valence-electron chi connectivity index (χ3n) is 2.68. The van der Waals surface area contributed by atoms with Crippen LogP contribution in [0, 0.1) is 0 Å². The van der Waals surface area contributed by atoms with Gasteiger partial charge in [0.1, 0.15) is 0 Å². The Morgan fingerprint density at radius 1 is 1.36 bits per heavy atom. The molecule has 0 fully saturated rings. The summed E-state index contributed by atoms with van der Waals surface area (Å²) in [5.41, 5.74) is 2.32. The number of hydrogen-bond acceptors (Lipinski definition) is 2. The maximum Gasteiger partial charge on any atom is 0.0831 e. The van der Waals surface area contributed by atoms with Gasteiger partial charge in [-0.05, 0) is 29.0 Å². The maximum absolute atomic E-state index is 9.92. The highest BCUT2D eigenvalue weighted by molar-refractivity contribution is 7.17. The second-order valence-electron chi connectivity index (χ2n) is 3.57. The van der Waals surface area contributed by atoms with E-state index in [1.165, 1.54) is 15.6 Å². The fraction of sp³-hybridized carbons (Fsp3) is 0.167. The molecule has 70 valence electrons. The summed E-state index contributed by atoms with van der Waals surface area (Å²) in [4.78, 5) is 0. The minimum absolute atomic E-state index is 0.342. The molecule has 2 aromatic rings. The van der Waals surface area contributed by atoms with E-state index < -0.39 is 0 Å². The number of rotatable bonds is 0. The fourth-order valence-electron chi connectivity index (χ4n) is 1.99. The summed E-state index contributed by atoms with van der Waals surface area (Å²) in [5.74, 6) is 0. The van der Waals surface area contributed by atoms with Crippen molar-refractivity contribution in [2.24, 2.45) is 0 Å². The minimum Gasteiger partial charge on any atom is -0.388 e. The van der Waals surface area contributed by atoms with E-state index in [4.69, 9.17) is 0 Å². The molecule has 3 rings (SSSR count). The van der Waals surface area contributed by atoms with Gasteiger partial charge in [0.25, 0.3) is 0 Å². The van der Waals surface area contributed by atoms with Crippen molar-refractivity contribution in [2.45, 2.75) is 12.5 Å². The zero-order chi connectivity index (χ0) is 9.54. The van der Waals surface area contributed by atoms with Gasteiger partial charge >= 0.3 is 0 Å². The summed E-state index contributed by atoms with van der Waals surface area (Å²) in [6.45, 7) is 0. The van der Waals surface area contributed by atoms with Crippen LogP contribution in [-0.2, 0) is 0 Å². The van der Waals surface area contributed by atoms with Crippen LogP contribution in [-0.4, -0.2) is 5.11 Å². The molecule has 0 saturated carbocycles. The number of thiophene rings is 1. The van der Waals surface area contributed by atoms with Gasteiger partial charge in [-0.3, -0.25) is 0 Å². The monoisotopic (exact) mass is 202 g/mol. The zero-order valence-electron chi connectivity index (χ0n) is 7.60. The van der Waals surface area contributed by atoms with Crippen molar-refractivity contribution in [3.63, 3.8) is 0 Å². The topological polar surface area (TPSA) is 20.2 Å². The lowest BCUT2D eigenvalue weighted by atomic mass is 10.0. The second-order valence-corrected chi connectivity index (χ2v) is 4.48. The Morgan fingerprint density at radius 2 is 2.29 bits per heavy atom. The lowest BCUT2D eigenvalue weighted by Crippen LogP contribution is -1.94. The number of aliphatic hydroxyl groups is 1. The Kier molecular flexibility index (Phi) is 1.72. The van der Waals surface area contributed by atoms with E-state index in [-0.39, 0.29) is 6.10 Å². The molecular weight excluding hydrogens is 192 g/mol. The molecule has 0 aliphatic heterocycles. The number of hydrogen-bond donors (Lipinski definition) is 1. The van der Waals surface area contributed by atoms with Gasteiger partial charge in [0, 0.05) is 10.1 Å². The molecule has 1 atom stereocenters. The van der Waals surface area contributed by atoms with E-state index in [1.54, 1.807) is 11.3 Å². The molecule has 0 spiro atoms. The molecule has 0 saturated heterocycles. The van der Waals surface area contributed by atoms with Crippen LogP contribution in [0.2, 0.25) is 0 Å². The standard InChI is InChI=1S/C12H10OS/c13-10-5-1-3-8-7-14-11-6-2-4-9(10)12(8)11/h1-4,6-7,10,13H,5H2. The minimum atomic E-state index is -0.342. The second kappa shape index (κ2) is 2.94. The molecule has 1 aliphatic rings. The summed E-state index contributed by atoms with van der Waals surface area (Å²) in [5, 5.41) is 13.3. The molecule has 2 heteroatoms. The average Bonchev–Trinajstić information content (AvgIpc) is 2.53. The van der Waals surface area contributed by atoms with Gasteiger partial charge in [0.15, 0.2) is 0 Å². The first-order chi connectivity index (χ1) is 6.86. The molecule has 1 unspecified atom stereocenters. The van der Waals surface area contributed by atoms with Gasteiger partial charge in [0.05, 0.1) is 6.10 Å². The van der Waals surface area contributed by atoms with Crippen LogP contribution in [0.3, 0.4) is 0 Å². The normalized spacial score (nSPS) is 19.9.